The Hall–Kier alpha value is -1.27. The number of piperidine rings is 1. The molecule has 0 atom stereocenters. The molecule has 0 aromatic heterocycles. The van der Waals surface area contributed by atoms with Crippen LogP contribution >= 0.6 is 0 Å². The van der Waals surface area contributed by atoms with Gasteiger partial charge < -0.3 is 14.4 Å². The molecule has 0 aromatic carbocycles. The fourth-order valence-corrected chi connectivity index (χ4v) is 4.38. The summed E-state index contributed by atoms with van der Waals surface area (Å²) in [5.41, 5.74) is 0.229. The summed E-state index contributed by atoms with van der Waals surface area (Å²) in [6.45, 7) is 16.7. The van der Waals surface area contributed by atoms with E-state index in [9.17, 15) is 14.4 Å². The zero-order chi connectivity index (χ0) is 26.3. The van der Waals surface area contributed by atoms with E-state index in [0.717, 1.165) is 51.8 Å². The van der Waals surface area contributed by atoms with E-state index in [1.807, 2.05) is 4.90 Å². The lowest BCUT2D eigenvalue weighted by Gasteiger charge is -2.32. The molecule has 204 valence electrons. The molecule has 0 radical (unpaired) electrons. The first-order valence-corrected chi connectivity index (χ1v) is 13.8. The van der Waals surface area contributed by atoms with E-state index in [1.54, 1.807) is 0 Å². The number of carbonyl (C=O) groups excluding carboxylic acids is 3. The van der Waals surface area contributed by atoms with Crippen LogP contribution in [0.3, 0.4) is 0 Å². The Morgan fingerprint density at radius 3 is 1.91 bits per heavy atom. The van der Waals surface area contributed by atoms with Gasteiger partial charge in [-0.15, -0.1) is 0 Å². The van der Waals surface area contributed by atoms with Crippen LogP contribution in [0.25, 0.3) is 0 Å². The Morgan fingerprint density at radius 1 is 0.714 bits per heavy atom. The second-order valence-electron chi connectivity index (χ2n) is 12.7. The Balaban J connectivity index is 1.93. The molecule has 35 heavy (non-hydrogen) atoms. The molecule has 0 saturated carbocycles. The van der Waals surface area contributed by atoms with Crippen LogP contribution in [0, 0.1) is 16.7 Å². The van der Waals surface area contributed by atoms with Gasteiger partial charge in [-0.05, 0) is 55.3 Å². The molecule has 1 saturated heterocycles. The van der Waals surface area contributed by atoms with Crippen molar-refractivity contribution in [1.29, 1.82) is 0 Å². The molecule has 1 fully saturated rings. The van der Waals surface area contributed by atoms with E-state index in [4.69, 9.17) is 9.47 Å². The van der Waals surface area contributed by atoms with Crippen LogP contribution < -0.4 is 0 Å². The standard InChI is InChI=1S/C29H53NO5/c1-28(2,3)16-12-27(33)30-17-13-24(14-18-30)9-8-19-34-21-22-35-20-15-25(31)10-7-11-26(32)23-29(4,5)6/h24H,7-23H2,1-6H3. The van der Waals surface area contributed by atoms with E-state index in [1.165, 1.54) is 0 Å². The van der Waals surface area contributed by atoms with Gasteiger partial charge in [0.2, 0.25) is 5.91 Å². The minimum absolute atomic E-state index is 0.0159. The van der Waals surface area contributed by atoms with Crippen molar-refractivity contribution in [3.8, 4) is 0 Å². The predicted octanol–water partition coefficient (Wildman–Crippen LogP) is 6.00. The zero-order valence-corrected chi connectivity index (χ0v) is 23.6. The summed E-state index contributed by atoms with van der Waals surface area (Å²) >= 11 is 0. The monoisotopic (exact) mass is 495 g/mol. The molecule has 1 rings (SSSR count). The first kappa shape index (κ1) is 31.8. The van der Waals surface area contributed by atoms with Crippen molar-refractivity contribution in [2.75, 3.05) is 39.5 Å². The molecular formula is C29H53NO5. The first-order valence-electron chi connectivity index (χ1n) is 13.8. The number of hydrogen-bond donors (Lipinski definition) is 0. The van der Waals surface area contributed by atoms with Crippen molar-refractivity contribution in [1.82, 2.24) is 4.90 Å². The highest BCUT2D eigenvalue weighted by molar-refractivity contribution is 5.81. The number of likely N-dealkylation sites (tertiary alicyclic amines) is 1. The van der Waals surface area contributed by atoms with Crippen LogP contribution in [0.1, 0.15) is 112 Å². The number of carbonyl (C=O) groups is 3. The van der Waals surface area contributed by atoms with Crippen LogP contribution in [-0.4, -0.2) is 61.9 Å². The van der Waals surface area contributed by atoms with Crippen LogP contribution in [0.5, 0.6) is 0 Å². The summed E-state index contributed by atoms with van der Waals surface area (Å²) in [5.74, 6) is 1.41. The number of rotatable bonds is 17. The SMILES string of the molecule is CC(C)(C)CCC(=O)N1CCC(CCCOCCOCCC(=O)CCCC(=O)CC(C)(C)C)CC1. The molecule has 1 aliphatic rings. The van der Waals surface area contributed by atoms with Crippen molar-refractivity contribution in [2.45, 2.75) is 112 Å². The highest BCUT2D eigenvalue weighted by Gasteiger charge is 2.23. The van der Waals surface area contributed by atoms with Crippen LogP contribution in [-0.2, 0) is 23.9 Å². The van der Waals surface area contributed by atoms with Crippen molar-refractivity contribution in [3.63, 3.8) is 0 Å². The van der Waals surface area contributed by atoms with Gasteiger partial charge in [-0.2, -0.15) is 0 Å². The zero-order valence-electron chi connectivity index (χ0n) is 23.6. The van der Waals surface area contributed by atoms with E-state index in [-0.39, 0.29) is 22.4 Å². The van der Waals surface area contributed by atoms with Gasteiger partial charge in [-0.3, -0.25) is 14.4 Å². The van der Waals surface area contributed by atoms with Crippen molar-refractivity contribution in [2.24, 2.45) is 16.7 Å². The molecule has 1 heterocycles. The van der Waals surface area contributed by atoms with E-state index in [2.05, 4.69) is 41.5 Å². The summed E-state index contributed by atoms with van der Waals surface area (Å²) in [4.78, 5) is 38.2. The number of amides is 1. The number of Topliss-reactive ketones (excluding diaryl/α,β-unsaturated/α-hetero) is 2. The Morgan fingerprint density at radius 2 is 1.31 bits per heavy atom. The largest absolute Gasteiger partial charge is 0.379 e. The van der Waals surface area contributed by atoms with Gasteiger partial charge in [0.15, 0.2) is 0 Å². The fourth-order valence-electron chi connectivity index (χ4n) is 4.38. The predicted molar refractivity (Wildman–Crippen MR) is 141 cm³/mol. The lowest BCUT2D eigenvalue weighted by molar-refractivity contribution is -0.133. The Labute approximate surface area is 214 Å². The maximum absolute atomic E-state index is 12.4. The average Bonchev–Trinajstić information content (AvgIpc) is 2.75. The molecule has 0 aliphatic carbocycles. The molecule has 1 aliphatic heterocycles. The first-order chi connectivity index (χ1) is 16.4. The van der Waals surface area contributed by atoms with Crippen LogP contribution in [0.2, 0.25) is 0 Å². The Bertz CT molecular complexity index is 624. The van der Waals surface area contributed by atoms with Crippen molar-refractivity contribution in [3.05, 3.63) is 0 Å². The fraction of sp³-hybridized carbons (Fsp3) is 0.897. The minimum Gasteiger partial charge on any atom is -0.379 e. The molecule has 1 amide bonds. The number of nitrogens with zero attached hydrogens (tertiary/aromatic N) is 1. The van der Waals surface area contributed by atoms with Gasteiger partial charge in [-0.25, -0.2) is 0 Å². The Kier molecular flexibility index (Phi) is 14.9. The van der Waals surface area contributed by atoms with Crippen LogP contribution in [0.15, 0.2) is 0 Å². The summed E-state index contributed by atoms with van der Waals surface area (Å²) in [7, 11) is 0. The maximum atomic E-state index is 12.4. The average molecular weight is 496 g/mol. The van der Waals surface area contributed by atoms with Gasteiger partial charge in [-0.1, -0.05) is 41.5 Å². The molecule has 0 spiro atoms. The highest BCUT2D eigenvalue weighted by atomic mass is 16.5. The number of ketones is 2. The minimum atomic E-state index is 0.0159. The third-order valence-corrected chi connectivity index (χ3v) is 6.49. The van der Waals surface area contributed by atoms with Gasteiger partial charge in [0, 0.05) is 51.8 Å². The molecule has 6 heteroatoms. The lowest BCUT2D eigenvalue weighted by Crippen LogP contribution is -2.38. The van der Waals surface area contributed by atoms with E-state index >= 15 is 0 Å². The number of ether oxygens (including phenoxy) is 2. The summed E-state index contributed by atoms with van der Waals surface area (Å²) in [5, 5.41) is 0. The summed E-state index contributed by atoms with van der Waals surface area (Å²) < 4.78 is 11.2. The number of hydrogen-bond acceptors (Lipinski definition) is 5. The summed E-state index contributed by atoms with van der Waals surface area (Å²) in [6, 6.07) is 0. The molecule has 6 nitrogen and oxygen atoms in total. The van der Waals surface area contributed by atoms with Gasteiger partial charge in [0.1, 0.15) is 11.6 Å². The third kappa shape index (κ3) is 17.7. The van der Waals surface area contributed by atoms with Crippen molar-refractivity contribution >= 4 is 17.5 Å². The quantitative estimate of drug-likeness (QED) is 0.231. The third-order valence-electron chi connectivity index (χ3n) is 6.49. The lowest BCUT2D eigenvalue weighted by atomic mass is 9.88. The topological polar surface area (TPSA) is 72.9 Å². The van der Waals surface area contributed by atoms with Crippen molar-refractivity contribution < 1.29 is 23.9 Å². The normalized spacial score (nSPS) is 15.4. The van der Waals surface area contributed by atoms with Gasteiger partial charge in [0.25, 0.3) is 0 Å². The molecule has 0 aromatic rings. The smallest absolute Gasteiger partial charge is 0.222 e. The molecule has 0 bridgehead atoms. The van der Waals surface area contributed by atoms with Gasteiger partial charge >= 0.3 is 0 Å². The maximum Gasteiger partial charge on any atom is 0.222 e. The second kappa shape index (κ2) is 16.5. The second-order valence-corrected chi connectivity index (χ2v) is 12.7. The summed E-state index contributed by atoms with van der Waals surface area (Å²) in [6.07, 6.45) is 8.57. The molecule has 0 unspecified atom stereocenters. The van der Waals surface area contributed by atoms with Crippen LogP contribution in [0.4, 0.5) is 0 Å². The molecular weight excluding hydrogens is 442 g/mol. The highest BCUT2D eigenvalue weighted by Crippen LogP contribution is 2.25. The van der Waals surface area contributed by atoms with E-state index < -0.39 is 0 Å². The molecule has 0 N–H and O–H groups in total. The van der Waals surface area contributed by atoms with Gasteiger partial charge in [0.05, 0.1) is 19.8 Å². The van der Waals surface area contributed by atoms with E-state index in [0.29, 0.717) is 70.2 Å².